The van der Waals surface area contributed by atoms with E-state index in [1.165, 1.54) is 5.69 Å². The first kappa shape index (κ1) is 14.4. The number of likely N-dealkylation sites (tertiary alicyclic amines) is 1. The molecule has 0 bridgehead atoms. The number of amides is 2. The van der Waals surface area contributed by atoms with Gasteiger partial charge in [-0.15, -0.1) is 0 Å². The van der Waals surface area contributed by atoms with Crippen LogP contribution in [0.25, 0.3) is 0 Å². The smallest absolute Gasteiger partial charge is 0.322 e. The Balaban J connectivity index is 1.72. The van der Waals surface area contributed by atoms with Gasteiger partial charge in [0.1, 0.15) is 0 Å². The largest absolute Gasteiger partial charge is 0.481 e. The van der Waals surface area contributed by atoms with E-state index in [0.29, 0.717) is 11.6 Å². The van der Waals surface area contributed by atoms with Crippen LogP contribution in [0.3, 0.4) is 0 Å². The van der Waals surface area contributed by atoms with E-state index in [9.17, 15) is 4.79 Å². The Morgan fingerprint density at radius 1 is 1.41 bits per heavy atom. The Bertz CT molecular complexity index is 650. The van der Waals surface area contributed by atoms with E-state index in [1.807, 2.05) is 24.2 Å². The van der Waals surface area contributed by atoms with Crippen molar-refractivity contribution in [1.29, 1.82) is 0 Å². The molecular formula is C16H20N4O2. The quantitative estimate of drug-likeness (QED) is 0.948. The van der Waals surface area contributed by atoms with Crippen LogP contribution in [0.1, 0.15) is 24.6 Å². The Morgan fingerprint density at radius 2 is 2.27 bits per heavy atom. The summed E-state index contributed by atoms with van der Waals surface area (Å²) in [7, 11) is 3.58. The second-order valence-electron chi connectivity index (χ2n) is 5.41. The average molecular weight is 300 g/mol. The van der Waals surface area contributed by atoms with Crippen molar-refractivity contribution in [3.63, 3.8) is 0 Å². The summed E-state index contributed by atoms with van der Waals surface area (Å²) < 4.78 is 7.09. The third-order valence-electron chi connectivity index (χ3n) is 4.04. The van der Waals surface area contributed by atoms with Gasteiger partial charge in [-0.3, -0.25) is 0 Å². The third-order valence-corrected chi connectivity index (χ3v) is 4.04. The van der Waals surface area contributed by atoms with Crippen LogP contribution in [-0.2, 0) is 7.05 Å². The van der Waals surface area contributed by atoms with Crippen LogP contribution < -0.4 is 10.1 Å². The van der Waals surface area contributed by atoms with E-state index in [-0.39, 0.29) is 12.1 Å². The zero-order valence-electron chi connectivity index (χ0n) is 12.8. The lowest BCUT2D eigenvalue weighted by Crippen LogP contribution is -2.35. The number of aryl methyl sites for hydroxylation is 1. The number of nitrogens with one attached hydrogen (secondary N) is 1. The highest BCUT2D eigenvalue weighted by Crippen LogP contribution is 2.32. The summed E-state index contributed by atoms with van der Waals surface area (Å²) in [6.45, 7) is 0.769. The molecule has 2 amide bonds. The van der Waals surface area contributed by atoms with Crippen LogP contribution in [0.5, 0.6) is 5.88 Å². The highest BCUT2D eigenvalue weighted by Gasteiger charge is 2.31. The molecule has 1 N–H and O–H groups in total. The average Bonchev–Trinajstić information content (AvgIpc) is 3.16. The van der Waals surface area contributed by atoms with Gasteiger partial charge in [-0.05, 0) is 31.0 Å². The Hall–Kier alpha value is -2.50. The lowest BCUT2D eigenvalue weighted by molar-refractivity contribution is 0.205. The number of carbonyl (C=O) groups is 1. The molecule has 1 aliphatic heterocycles. The number of urea groups is 1. The highest BCUT2D eigenvalue weighted by molar-refractivity contribution is 5.89. The molecule has 3 rings (SSSR count). The number of carbonyl (C=O) groups excluding carboxylic acids is 1. The van der Waals surface area contributed by atoms with Crippen LogP contribution in [0.2, 0.25) is 0 Å². The van der Waals surface area contributed by atoms with Gasteiger partial charge in [-0.25, -0.2) is 9.78 Å². The number of nitrogens with zero attached hydrogens (tertiary/aromatic N) is 3. The Labute approximate surface area is 129 Å². The summed E-state index contributed by atoms with van der Waals surface area (Å²) in [5, 5.41) is 2.91. The molecule has 0 spiro atoms. The maximum absolute atomic E-state index is 12.5. The van der Waals surface area contributed by atoms with Crippen LogP contribution in [0.4, 0.5) is 10.5 Å². The minimum Gasteiger partial charge on any atom is -0.481 e. The number of methoxy groups -OCH3 is 1. The number of pyridine rings is 1. The molecule has 1 aliphatic rings. The predicted octanol–water partition coefficient (Wildman–Crippen LogP) is 2.80. The van der Waals surface area contributed by atoms with Gasteiger partial charge in [0.05, 0.1) is 25.0 Å². The zero-order valence-corrected chi connectivity index (χ0v) is 12.8. The van der Waals surface area contributed by atoms with Crippen molar-refractivity contribution in [3.8, 4) is 5.88 Å². The molecule has 0 aromatic carbocycles. The minimum absolute atomic E-state index is 0.0873. The van der Waals surface area contributed by atoms with Gasteiger partial charge < -0.3 is 19.5 Å². The maximum Gasteiger partial charge on any atom is 0.322 e. The predicted molar refractivity (Wildman–Crippen MR) is 83.9 cm³/mol. The van der Waals surface area contributed by atoms with Crippen LogP contribution in [-0.4, -0.2) is 34.1 Å². The van der Waals surface area contributed by atoms with Crippen LogP contribution in [0, 0.1) is 0 Å². The number of aromatic nitrogens is 2. The van der Waals surface area contributed by atoms with Gasteiger partial charge >= 0.3 is 6.03 Å². The van der Waals surface area contributed by atoms with E-state index in [4.69, 9.17) is 4.74 Å². The molecule has 116 valence electrons. The number of hydrogen-bond acceptors (Lipinski definition) is 3. The molecule has 1 fully saturated rings. The van der Waals surface area contributed by atoms with Gasteiger partial charge in [-0.1, -0.05) is 0 Å². The molecule has 0 aliphatic carbocycles. The molecule has 22 heavy (non-hydrogen) atoms. The maximum atomic E-state index is 12.5. The summed E-state index contributed by atoms with van der Waals surface area (Å²) in [6.07, 6.45) is 5.62. The topological polar surface area (TPSA) is 59.4 Å². The van der Waals surface area contributed by atoms with Crippen molar-refractivity contribution in [2.75, 3.05) is 19.0 Å². The molecule has 2 aromatic heterocycles. The van der Waals surface area contributed by atoms with Crippen LogP contribution in [0.15, 0.2) is 36.7 Å². The molecule has 2 aromatic rings. The first-order valence-electron chi connectivity index (χ1n) is 7.38. The lowest BCUT2D eigenvalue weighted by Gasteiger charge is -2.25. The molecule has 0 unspecified atom stereocenters. The summed E-state index contributed by atoms with van der Waals surface area (Å²) in [5.41, 5.74) is 1.84. The molecular weight excluding hydrogens is 280 g/mol. The van der Waals surface area contributed by atoms with E-state index < -0.39 is 0 Å². The summed E-state index contributed by atoms with van der Waals surface area (Å²) >= 11 is 0. The summed E-state index contributed by atoms with van der Waals surface area (Å²) in [4.78, 5) is 18.5. The van der Waals surface area contributed by atoms with Crippen molar-refractivity contribution >= 4 is 11.7 Å². The number of anilines is 1. The fraction of sp³-hybridized carbons (Fsp3) is 0.375. The second-order valence-corrected chi connectivity index (χ2v) is 5.41. The zero-order chi connectivity index (χ0) is 15.5. The van der Waals surface area contributed by atoms with Gasteiger partial charge in [-0.2, -0.15) is 0 Å². The van der Waals surface area contributed by atoms with E-state index in [0.717, 1.165) is 19.4 Å². The van der Waals surface area contributed by atoms with Crippen LogP contribution >= 0.6 is 0 Å². The fourth-order valence-corrected chi connectivity index (χ4v) is 2.91. The fourth-order valence-electron chi connectivity index (χ4n) is 2.91. The molecule has 3 heterocycles. The summed E-state index contributed by atoms with van der Waals surface area (Å²) in [5.74, 6) is 0.529. The SMILES string of the molecule is COc1ccc(NC(=O)N2CCC[C@H]2c2cccn2C)cn1. The molecule has 0 radical (unpaired) electrons. The summed E-state index contributed by atoms with van der Waals surface area (Å²) in [6, 6.07) is 7.65. The second kappa shape index (κ2) is 6.09. The number of hydrogen-bond donors (Lipinski definition) is 1. The highest BCUT2D eigenvalue weighted by atomic mass is 16.5. The monoisotopic (exact) mass is 300 g/mol. The molecule has 1 saturated heterocycles. The van der Waals surface area contributed by atoms with E-state index >= 15 is 0 Å². The number of rotatable bonds is 3. The standard InChI is InChI=1S/C16H20N4O2/c1-19-9-3-5-13(19)14-6-4-10-20(14)16(21)18-12-7-8-15(22-2)17-11-12/h3,5,7-9,11,14H,4,6,10H2,1-2H3,(H,18,21)/t14-/m0/s1. The minimum atomic E-state index is -0.0873. The van der Waals surface area contributed by atoms with Gasteiger partial charge in [0, 0.05) is 31.5 Å². The van der Waals surface area contributed by atoms with Gasteiger partial charge in [0.25, 0.3) is 0 Å². The van der Waals surface area contributed by atoms with Gasteiger partial charge in [0.2, 0.25) is 5.88 Å². The first-order chi connectivity index (χ1) is 10.7. The van der Waals surface area contributed by atoms with Gasteiger partial charge in [0.15, 0.2) is 0 Å². The molecule has 0 saturated carbocycles. The van der Waals surface area contributed by atoms with Crippen molar-refractivity contribution in [2.45, 2.75) is 18.9 Å². The van der Waals surface area contributed by atoms with Crippen molar-refractivity contribution in [3.05, 3.63) is 42.4 Å². The van der Waals surface area contributed by atoms with Crippen molar-refractivity contribution < 1.29 is 9.53 Å². The normalized spacial score (nSPS) is 17.5. The van der Waals surface area contributed by atoms with E-state index in [1.54, 1.807) is 25.4 Å². The molecule has 1 atom stereocenters. The van der Waals surface area contributed by atoms with E-state index in [2.05, 4.69) is 20.9 Å². The third kappa shape index (κ3) is 2.77. The lowest BCUT2D eigenvalue weighted by atomic mass is 10.1. The molecule has 6 nitrogen and oxygen atoms in total. The Kier molecular flexibility index (Phi) is 4.00. The Morgan fingerprint density at radius 3 is 2.91 bits per heavy atom. The number of ether oxygens (including phenoxy) is 1. The van der Waals surface area contributed by atoms with Crippen molar-refractivity contribution in [1.82, 2.24) is 14.5 Å². The molecule has 6 heteroatoms. The first-order valence-corrected chi connectivity index (χ1v) is 7.38. The van der Waals surface area contributed by atoms with Crippen molar-refractivity contribution in [2.24, 2.45) is 7.05 Å².